The Morgan fingerprint density at radius 1 is 1.09 bits per heavy atom. The van der Waals surface area contributed by atoms with Gasteiger partial charge in [0.15, 0.2) is 0 Å². The Balaban J connectivity index is 3.18. The van der Waals surface area contributed by atoms with Crippen LogP contribution in [-0.2, 0) is 9.53 Å². The van der Waals surface area contributed by atoms with Gasteiger partial charge in [0.25, 0.3) is 0 Å². The van der Waals surface area contributed by atoms with E-state index >= 15 is 0 Å². The van der Waals surface area contributed by atoms with Crippen molar-refractivity contribution in [3.8, 4) is 0 Å². The van der Waals surface area contributed by atoms with E-state index in [-0.39, 0.29) is 11.4 Å². The van der Waals surface area contributed by atoms with Crippen molar-refractivity contribution in [2.75, 3.05) is 4.90 Å². The number of carbonyl (C=O) groups excluding carboxylic acids is 2. The normalized spacial score (nSPS) is 13.4. The van der Waals surface area contributed by atoms with E-state index in [0.29, 0.717) is 5.69 Å². The Morgan fingerprint density at radius 2 is 1.59 bits per heavy atom. The lowest BCUT2D eigenvalue weighted by molar-refractivity contribution is -0.118. The number of amides is 2. The molecular weight excluding hydrogens is 294 g/mol. The molecule has 0 radical (unpaired) electrons. The lowest BCUT2D eigenvalue weighted by Gasteiger charge is -2.31. The summed E-state index contributed by atoms with van der Waals surface area (Å²) in [5, 5.41) is 0. The topological polar surface area (TPSA) is 46.6 Å². The Morgan fingerprint density at radius 3 is 2.00 bits per heavy atom. The summed E-state index contributed by atoms with van der Waals surface area (Å²) in [6, 6.07) is 8.96. The summed E-state index contributed by atoms with van der Waals surface area (Å²) >= 11 is 0. The van der Waals surface area contributed by atoms with E-state index in [0.717, 1.165) is 0 Å². The molecule has 1 aromatic rings. The van der Waals surface area contributed by atoms with Gasteiger partial charge in [0.1, 0.15) is 5.60 Å². The maximum absolute atomic E-state index is 12.9. The molecule has 1 aromatic carbocycles. The van der Waals surface area contributed by atoms with E-state index in [1.54, 1.807) is 45.0 Å². The average Bonchev–Trinajstić information content (AvgIpc) is 2.36. The number of para-hydroxylation sites is 1. The standard InChI is InChI=1S/C17H27NO3Si/c1-13(22(5,6)7)15(19)18(14-11-9-8-10-12-14)16(20)21-17(2,3)4/h8-13H,1-7H3. The summed E-state index contributed by atoms with van der Waals surface area (Å²) < 4.78 is 5.42. The Bertz CT molecular complexity index is 529. The quantitative estimate of drug-likeness (QED) is 0.759. The van der Waals surface area contributed by atoms with Crippen molar-refractivity contribution in [1.29, 1.82) is 0 Å². The van der Waals surface area contributed by atoms with Crippen LogP contribution < -0.4 is 4.90 Å². The molecule has 0 spiro atoms. The van der Waals surface area contributed by atoms with E-state index in [4.69, 9.17) is 4.74 Å². The van der Waals surface area contributed by atoms with Crippen LogP contribution in [-0.4, -0.2) is 25.7 Å². The van der Waals surface area contributed by atoms with Crippen molar-refractivity contribution in [2.24, 2.45) is 0 Å². The van der Waals surface area contributed by atoms with Gasteiger partial charge in [0.2, 0.25) is 5.91 Å². The van der Waals surface area contributed by atoms with Gasteiger partial charge in [-0.1, -0.05) is 44.8 Å². The first-order valence-electron chi connectivity index (χ1n) is 7.55. The van der Waals surface area contributed by atoms with Gasteiger partial charge in [-0.05, 0) is 32.9 Å². The van der Waals surface area contributed by atoms with Crippen LogP contribution in [0, 0.1) is 0 Å². The maximum atomic E-state index is 12.9. The van der Waals surface area contributed by atoms with Crippen molar-refractivity contribution in [3.63, 3.8) is 0 Å². The van der Waals surface area contributed by atoms with Crippen molar-refractivity contribution < 1.29 is 14.3 Å². The number of ether oxygens (including phenoxy) is 1. The van der Waals surface area contributed by atoms with Crippen molar-refractivity contribution in [3.05, 3.63) is 30.3 Å². The SMILES string of the molecule is CC(C(=O)N(C(=O)OC(C)(C)C)c1ccccc1)[Si](C)(C)C. The Kier molecular flexibility index (Phi) is 5.57. The number of hydrogen-bond donors (Lipinski definition) is 0. The third-order valence-corrected chi connectivity index (χ3v) is 6.33. The molecule has 4 nitrogen and oxygen atoms in total. The highest BCUT2D eigenvalue weighted by Crippen LogP contribution is 2.27. The van der Waals surface area contributed by atoms with Gasteiger partial charge in [-0.25, -0.2) is 9.69 Å². The van der Waals surface area contributed by atoms with Gasteiger partial charge >= 0.3 is 6.09 Å². The minimum atomic E-state index is -1.72. The van der Waals surface area contributed by atoms with Crippen LogP contribution in [0.25, 0.3) is 0 Å². The average molecular weight is 321 g/mol. The van der Waals surface area contributed by atoms with Crippen molar-refractivity contribution >= 4 is 25.8 Å². The number of imide groups is 1. The highest BCUT2D eigenvalue weighted by molar-refractivity contribution is 6.80. The van der Waals surface area contributed by atoms with E-state index in [1.165, 1.54) is 4.90 Å². The van der Waals surface area contributed by atoms with Crippen LogP contribution in [0.4, 0.5) is 10.5 Å². The molecule has 0 fully saturated rings. The molecule has 1 atom stereocenters. The fraction of sp³-hybridized carbons (Fsp3) is 0.529. The van der Waals surface area contributed by atoms with E-state index < -0.39 is 19.8 Å². The number of nitrogens with zero attached hydrogens (tertiary/aromatic N) is 1. The predicted octanol–water partition coefficient (Wildman–Crippen LogP) is 4.68. The van der Waals surface area contributed by atoms with Gasteiger partial charge in [0, 0.05) is 5.54 Å². The lowest BCUT2D eigenvalue weighted by Crippen LogP contribution is -2.46. The first kappa shape index (κ1) is 18.4. The van der Waals surface area contributed by atoms with Crippen molar-refractivity contribution in [1.82, 2.24) is 0 Å². The molecule has 1 rings (SSSR count). The third kappa shape index (κ3) is 4.98. The van der Waals surface area contributed by atoms with Crippen LogP contribution in [0.1, 0.15) is 27.7 Å². The second kappa shape index (κ2) is 6.65. The summed E-state index contributed by atoms with van der Waals surface area (Å²) in [4.78, 5) is 26.6. The van der Waals surface area contributed by atoms with E-state index in [9.17, 15) is 9.59 Å². The summed E-state index contributed by atoms with van der Waals surface area (Å²) in [5.74, 6) is -0.195. The fourth-order valence-corrected chi connectivity index (χ4v) is 2.64. The second-order valence-corrected chi connectivity index (χ2v) is 13.2. The summed E-state index contributed by atoms with van der Waals surface area (Å²) in [6.45, 7) is 13.6. The number of hydrogen-bond acceptors (Lipinski definition) is 3. The molecule has 0 saturated heterocycles. The highest BCUT2D eigenvalue weighted by atomic mass is 28.3. The monoisotopic (exact) mass is 321 g/mol. The molecule has 22 heavy (non-hydrogen) atoms. The predicted molar refractivity (Wildman–Crippen MR) is 92.9 cm³/mol. The zero-order chi connectivity index (χ0) is 17.1. The van der Waals surface area contributed by atoms with Crippen molar-refractivity contribution in [2.45, 2.75) is 58.5 Å². The van der Waals surface area contributed by atoms with E-state index in [2.05, 4.69) is 19.6 Å². The molecule has 0 saturated carbocycles. The van der Waals surface area contributed by atoms with Crippen LogP contribution in [0.3, 0.4) is 0 Å². The summed E-state index contributed by atoms with van der Waals surface area (Å²) in [6.07, 6.45) is -0.617. The van der Waals surface area contributed by atoms with Gasteiger partial charge in [-0.3, -0.25) is 4.79 Å². The molecule has 5 heteroatoms. The number of rotatable bonds is 3. The summed E-state index contributed by atoms with van der Waals surface area (Å²) in [5.41, 5.74) is -0.278. The number of benzene rings is 1. The number of carbonyl (C=O) groups is 2. The van der Waals surface area contributed by atoms with Crippen LogP contribution in [0.15, 0.2) is 30.3 Å². The van der Waals surface area contributed by atoms with Crippen LogP contribution in [0.2, 0.25) is 25.2 Å². The van der Waals surface area contributed by atoms with Crippen LogP contribution in [0.5, 0.6) is 0 Å². The third-order valence-electron chi connectivity index (χ3n) is 3.48. The van der Waals surface area contributed by atoms with Gasteiger partial charge in [-0.15, -0.1) is 0 Å². The molecule has 0 bridgehead atoms. The van der Waals surface area contributed by atoms with E-state index in [1.807, 2.05) is 13.0 Å². The lowest BCUT2D eigenvalue weighted by atomic mass is 10.2. The van der Waals surface area contributed by atoms with Gasteiger partial charge < -0.3 is 4.74 Å². The maximum Gasteiger partial charge on any atom is 0.421 e. The zero-order valence-corrected chi connectivity index (χ0v) is 15.6. The molecule has 0 N–H and O–H groups in total. The molecule has 0 aliphatic rings. The summed E-state index contributed by atoms with van der Waals surface area (Å²) in [7, 11) is -1.72. The highest BCUT2D eigenvalue weighted by Gasteiger charge is 2.37. The Labute approximate surface area is 134 Å². The fourth-order valence-electron chi connectivity index (χ4n) is 1.77. The number of anilines is 1. The molecule has 122 valence electrons. The molecule has 0 aliphatic heterocycles. The molecule has 0 heterocycles. The minimum absolute atomic E-state index is 0.180. The molecule has 0 aromatic heterocycles. The smallest absolute Gasteiger partial charge is 0.421 e. The molecule has 0 aliphatic carbocycles. The zero-order valence-electron chi connectivity index (χ0n) is 14.6. The van der Waals surface area contributed by atoms with Crippen LogP contribution >= 0.6 is 0 Å². The molecular formula is C17H27NO3Si. The molecule has 2 amide bonds. The minimum Gasteiger partial charge on any atom is -0.443 e. The van der Waals surface area contributed by atoms with Gasteiger partial charge in [-0.2, -0.15) is 0 Å². The first-order valence-corrected chi connectivity index (χ1v) is 11.1. The largest absolute Gasteiger partial charge is 0.443 e. The second-order valence-electron chi connectivity index (χ2n) is 7.58. The molecule has 1 unspecified atom stereocenters. The first-order chi connectivity index (χ1) is 9.93. The van der Waals surface area contributed by atoms with Gasteiger partial charge in [0.05, 0.1) is 13.8 Å². The Hall–Kier alpha value is -1.62.